The van der Waals surface area contributed by atoms with Gasteiger partial charge in [0.2, 0.25) is 0 Å². The summed E-state index contributed by atoms with van der Waals surface area (Å²) in [5, 5.41) is 10.8. The van der Waals surface area contributed by atoms with Gasteiger partial charge in [0.05, 0.1) is 0 Å². The molecule has 0 aromatic heterocycles. The van der Waals surface area contributed by atoms with Crippen molar-refractivity contribution >= 4 is 58.7 Å². The third-order valence-corrected chi connectivity index (χ3v) is 13.5. The molecule has 0 aliphatic rings. The van der Waals surface area contributed by atoms with Gasteiger partial charge < -0.3 is 0 Å². The molecule has 0 N–H and O–H groups in total. The monoisotopic (exact) mass is 516 g/mol. The number of aliphatic imine (C=N–C) groups is 1. The van der Waals surface area contributed by atoms with E-state index >= 15 is 0 Å². The van der Waals surface area contributed by atoms with Gasteiger partial charge >= 0.3 is 170 Å². The predicted octanol–water partition coefficient (Wildman–Crippen LogP) is 4.69. The third-order valence-electron chi connectivity index (χ3n) is 3.89. The van der Waals surface area contributed by atoms with Crippen LogP contribution in [-0.2, 0) is 0 Å². The fraction of sp³-hybridized carbons (Fsp3) is 0.0500. The van der Waals surface area contributed by atoms with Gasteiger partial charge in [-0.1, -0.05) is 0 Å². The minimum atomic E-state index is -3.58. The van der Waals surface area contributed by atoms with E-state index in [-0.39, 0.29) is 5.69 Å². The van der Waals surface area contributed by atoms with Crippen LogP contribution in [0.25, 0.3) is 0 Å². The normalized spacial score (nSPS) is 12.3. The number of nitrogens with zero attached hydrogens (tertiary/aromatic N) is 2. The van der Waals surface area contributed by atoms with Crippen molar-refractivity contribution < 1.29 is 4.92 Å². The SMILES string of the molecule is Cc1ccc(N=Cc2ccc([N+](=O)[O-])cc2)c([Te](Cl)(Cl)c2ccccc2)c1. The van der Waals surface area contributed by atoms with Gasteiger partial charge in [0.15, 0.2) is 0 Å². The minimum absolute atomic E-state index is 0.0444. The van der Waals surface area contributed by atoms with E-state index in [4.69, 9.17) is 17.9 Å². The molecule has 3 rings (SSSR count). The summed E-state index contributed by atoms with van der Waals surface area (Å²) in [7, 11) is 13.8. The number of hydrogen-bond donors (Lipinski definition) is 0. The first kappa shape index (κ1) is 19.9. The van der Waals surface area contributed by atoms with E-state index in [2.05, 4.69) is 4.99 Å². The van der Waals surface area contributed by atoms with Crippen molar-refractivity contribution in [3.05, 3.63) is 94.0 Å². The van der Waals surface area contributed by atoms with Crippen LogP contribution in [0.1, 0.15) is 11.1 Å². The molecule has 0 heterocycles. The van der Waals surface area contributed by atoms with Crippen LogP contribution in [0.5, 0.6) is 0 Å². The summed E-state index contributed by atoms with van der Waals surface area (Å²) < 4.78 is 1.81. The molecule has 3 aromatic carbocycles. The number of non-ortho nitro benzene ring substituents is 1. The van der Waals surface area contributed by atoms with Gasteiger partial charge in [0.1, 0.15) is 0 Å². The summed E-state index contributed by atoms with van der Waals surface area (Å²) in [6.45, 7) is 1.99. The molecule has 0 fully saturated rings. The molecule has 27 heavy (non-hydrogen) atoms. The van der Waals surface area contributed by atoms with Gasteiger partial charge in [-0.25, -0.2) is 0 Å². The maximum atomic E-state index is 10.8. The van der Waals surface area contributed by atoms with E-state index < -0.39 is 20.9 Å². The number of halogens is 2. The molecule has 0 atom stereocenters. The quantitative estimate of drug-likeness (QED) is 0.215. The van der Waals surface area contributed by atoms with Crippen LogP contribution in [0.2, 0.25) is 0 Å². The van der Waals surface area contributed by atoms with Gasteiger partial charge in [-0.2, -0.15) is 0 Å². The zero-order chi connectivity index (χ0) is 19.4. The van der Waals surface area contributed by atoms with E-state index in [1.165, 1.54) is 12.1 Å². The molecule has 3 aromatic rings. The Morgan fingerprint density at radius 1 is 1.00 bits per heavy atom. The maximum absolute atomic E-state index is 10.8. The van der Waals surface area contributed by atoms with Crippen LogP contribution in [0.3, 0.4) is 0 Å². The van der Waals surface area contributed by atoms with Gasteiger partial charge in [-0.05, 0) is 0 Å². The molecule has 0 aliphatic carbocycles. The van der Waals surface area contributed by atoms with E-state index in [1.807, 2.05) is 55.5 Å². The van der Waals surface area contributed by atoms with Crippen molar-refractivity contribution in [2.24, 2.45) is 4.99 Å². The van der Waals surface area contributed by atoms with Crippen molar-refractivity contribution in [2.75, 3.05) is 0 Å². The summed E-state index contributed by atoms with van der Waals surface area (Å²) in [5.41, 5.74) is 2.58. The van der Waals surface area contributed by atoms with Crippen LogP contribution in [0.4, 0.5) is 11.4 Å². The molecule has 0 bridgehead atoms. The van der Waals surface area contributed by atoms with E-state index in [9.17, 15) is 10.1 Å². The van der Waals surface area contributed by atoms with Crippen molar-refractivity contribution in [1.82, 2.24) is 0 Å². The van der Waals surface area contributed by atoms with Crippen molar-refractivity contribution in [3.63, 3.8) is 0 Å². The molecule has 4 nitrogen and oxygen atoms in total. The standard InChI is InChI=1S/C20H16Cl2N2O2Te/c1-15-7-12-19(23-14-16-8-10-17(11-9-16)24(25)26)20(13-15)27(21,22)18-5-3-2-4-6-18/h2-14H,1H3. The molecular weight excluding hydrogens is 499 g/mol. The van der Waals surface area contributed by atoms with Crippen molar-refractivity contribution in [1.29, 1.82) is 0 Å². The number of hydrogen-bond acceptors (Lipinski definition) is 3. The first-order chi connectivity index (χ1) is 12.9. The van der Waals surface area contributed by atoms with Crippen LogP contribution in [0, 0.1) is 17.0 Å². The van der Waals surface area contributed by atoms with Crippen LogP contribution < -0.4 is 7.22 Å². The molecular formula is C20H16Cl2N2O2Te. The van der Waals surface area contributed by atoms with Gasteiger partial charge in [0, 0.05) is 0 Å². The Hall–Kier alpha value is -1.90. The second-order valence-corrected chi connectivity index (χ2v) is 18.4. The molecule has 0 spiro atoms. The third kappa shape index (κ3) is 4.69. The van der Waals surface area contributed by atoms with Gasteiger partial charge in [-0.15, -0.1) is 0 Å². The Morgan fingerprint density at radius 3 is 2.30 bits per heavy atom. The zero-order valence-corrected chi connectivity index (χ0v) is 18.2. The van der Waals surface area contributed by atoms with Gasteiger partial charge in [-0.3, -0.25) is 0 Å². The molecule has 0 aliphatic heterocycles. The molecule has 0 saturated heterocycles. The first-order valence-electron chi connectivity index (χ1n) is 8.05. The summed E-state index contributed by atoms with van der Waals surface area (Å²) in [6, 6.07) is 21.8. The van der Waals surface area contributed by atoms with Crippen molar-refractivity contribution in [3.8, 4) is 0 Å². The Kier molecular flexibility index (Phi) is 6.18. The van der Waals surface area contributed by atoms with Gasteiger partial charge in [0.25, 0.3) is 0 Å². The molecule has 0 amide bonds. The molecule has 7 heteroatoms. The Labute approximate surface area is 168 Å². The summed E-state index contributed by atoms with van der Waals surface area (Å²) in [6.07, 6.45) is 1.66. The van der Waals surface area contributed by atoms with Crippen LogP contribution in [0.15, 0.2) is 77.8 Å². The Bertz CT molecular complexity index is 991. The van der Waals surface area contributed by atoms with Crippen LogP contribution >= 0.6 is 17.9 Å². The Morgan fingerprint density at radius 2 is 1.67 bits per heavy atom. The molecule has 0 saturated carbocycles. The summed E-state index contributed by atoms with van der Waals surface area (Å²) in [5.74, 6) is 0. The molecule has 0 unspecified atom stereocenters. The topological polar surface area (TPSA) is 55.5 Å². The van der Waals surface area contributed by atoms with E-state index in [1.54, 1.807) is 18.3 Å². The fourth-order valence-electron chi connectivity index (χ4n) is 2.48. The number of nitro groups is 1. The van der Waals surface area contributed by atoms with Crippen molar-refractivity contribution in [2.45, 2.75) is 6.92 Å². The second kappa shape index (κ2) is 8.41. The molecule has 138 valence electrons. The van der Waals surface area contributed by atoms with Crippen LogP contribution in [-0.4, -0.2) is 27.1 Å². The second-order valence-electron chi connectivity index (χ2n) is 5.86. The first-order valence-corrected chi connectivity index (χ1v) is 16.3. The number of aryl methyl sites for hydroxylation is 1. The Balaban J connectivity index is 1.98. The summed E-state index contributed by atoms with van der Waals surface area (Å²) >= 11 is -3.58. The zero-order valence-electron chi connectivity index (χ0n) is 14.4. The summed E-state index contributed by atoms with van der Waals surface area (Å²) in [4.78, 5) is 14.9. The predicted molar refractivity (Wildman–Crippen MR) is 115 cm³/mol. The average Bonchev–Trinajstić information content (AvgIpc) is 2.68. The average molecular weight is 515 g/mol. The van der Waals surface area contributed by atoms with E-state index in [0.29, 0.717) is 5.69 Å². The molecule has 0 radical (unpaired) electrons. The number of nitro benzene ring substituents is 1. The van der Waals surface area contributed by atoms with E-state index in [0.717, 1.165) is 18.3 Å². The fourth-order valence-corrected chi connectivity index (χ4v) is 9.71. The number of benzene rings is 3. The number of rotatable bonds is 5.